The average molecular weight is 369 g/mol. The molecule has 0 spiro atoms. The molecule has 0 saturated heterocycles. The lowest BCUT2D eigenvalue weighted by Gasteiger charge is -2.26. The van der Waals surface area contributed by atoms with E-state index in [-0.39, 0.29) is 5.41 Å². The fourth-order valence-corrected chi connectivity index (χ4v) is 4.99. The highest BCUT2D eigenvalue weighted by atomic mass is 32.2. The Bertz CT molecular complexity index is 1190. The van der Waals surface area contributed by atoms with E-state index in [2.05, 4.69) is 106 Å². The summed E-state index contributed by atoms with van der Waals surface area (Å²) in [7, 11) is 0. The highest BCUT2D eigenvalue weighted by Gasteiger charge is 2.23. The molecule has 0 atom stereocenters. The van der Waals surface area contributed by atoms with Crippen molar-refractivity contribution in [3.05, 3.63) is 94.4 Å². The van der Waals surface area contributed by atoms with Gasteiger partial charge in [-0.1, -0.05) is 98.9 Å². The molecule has 0 nitrogen and oxygen atoms in total. The van der Waals surface area contributed by atoms with Crippen LogP contribution in [0.4, 0.5) is 0 Å². The first-order valence-corrected chi connectivity index (χ1v) is 10.2. The van der Waals surface area contributed by atoms with Crippen molar-refractivity contribution in [3.8, 4) is 0 Å². The maximum atomic E-state index is 4.13. The molecule has 134 valence electrons. The fourth-order valence-electron chi connectivity index (χ4n) is 3.54. The Balaban J connectivity index is 1.77. The Hall–Kier alpha value is -2.51. The Morgan fingerprint density at radius 3 is 2.15 bits per heavy atom. The molecule has 0 unspecified atom stereocenters. The van der Waals surface area contributed by atoms with Gasteiger partial charge in [0.2, 0.25) is 0 Å². The van der Waals surface area contributed by atoms with E-state index < -0.39 is 0 Å². The minimum Gasteiger partial charge on any atom is -0.0912 e. The summed E-state index contributed by atoms with van der Waals surface area (Å²) in [5.41, 5.74) is 2.56. The van der Waals surface area contributed by atoms with Crippen molar-refractivity contribution in [2.45, 2.75) is 20.8 Å². The number of hydrogen-bond acceptors (Lipinski definition) is 1. The Kier molecular flexibility index (Phi) is 4.57. The maximum Gasteiger partial charge on any atom is 0.0163 e. The van der Waals surface area contributed by atoms with E-state index in [1.165, 1.54) is 36.9 Å². The summed E-state index contributed by atoms with van der Waals surface area (Å²) < 4.78 is 0. The van der Waals surface area contributed by atoms with E-state index in [0.29, 0.717) is 0 Å². The number of allylic oxidation sites excluding steroid dienone is 2. The van der Waals surface area contributed by atoms with Crippen LogP contribution in [-0.4, -0.2) is 0 Å². The molecule has 0 aliphatic carbocycles. The first kappa shape index (κ1) is 17.9. The zero-order valence-electron chi connectivity index (χ0n) is 16.1. The van der Waals surface area contributed by atoms with E-state index in [1.807, 2.05) is 11.8 Å². The molecule has 0 amide bonds. The second kappa shape index (κ2) is 6.90. The van der Waals surface area contributed by atoms with Crippen molar-refractivity contribution in [2.75, 3.05) is 0 Å². The predicted molar refractivity (Wildman–Crippen MR) is 123 cm³/mol. The van der Waals surface area contributed by atoms with Gasteiger partial charge < -0.3 is 0 Å². The van der Waals surface area contributed by atoms with Gasteiger partial charge in [0.25, 0.3) is 0 Å². The van der Waals surface area contributed by atoms with Crippen molar-refractivity contribution >= 4 is 45.0 Å². The number of thioether (sulfide) groups is 1. The van der Waals surface area contributed by atoms with Gasteiger partial charge in [0.05, 0.1) is 0 Å². The van der Waals surface area contributed by atoms with Gasteiger partial charge in [-0.3, -0.25) is 0 Å². The first-order chi connectivity index (χ1) is 12.9. The van der Waals surface area contributed by atoms with Crippen LogP contribution in [0.2, 0.25) is 0 Å². The Morgan fingerprint density at radius 1 is 0.815 bits per heavy atom. The van der Waals surface area contributed by atoms with E-state index in [9.17, 15) is 0 Å². The van der Waals surface area contributed by atoms with Crippen LogP contribution in [0.15, 0.2) is 72.8 Å². The van der Waals surface area contributed by atoms with Gasteiger partial charge >= 0.3 is 0 Å². The molecule has 0 bridgehead atoms. The summed E-state index contributed by atoms with van der Waals surface area (Å²) in [6.45, 7) is 10.7. The molecule has 3 aromatic carbocycles. The van der Waals surface area contributed by atoms with Crippen molar-refractivity contribution in [1.82, 2.24) is 0 Å². The monoisotopic (exact) mass is 368 g/mol. The third-order valence-electron chi connectivity index (χ3n) is 5.00. The van der Waals surface area contributed by atoms with Crippen LogP contribution in [0, 0.1) is 5.41 Å². The second-order valence-electron chi connectivity index (χ2n) is 7.70. The molecule has 1 heteroatoms. The molecule has 0 N–H and O–H groups in total. The lowest BCUT2D eigenvalue weighted by atomic mass is 9.90. The lowest BCUT2D eigenvalue weighted by Crippen LogP contribution is -2.22. The van der Waals surface area contributed by atoms with Crippen molar-refractivity contribution in [1.29, 1.82) is 0 Å². The number of rotatable bonds is 2. The number of fused-ring (bicyclic) bond motifs is 1. The predicted octanol–water partition coefficient (Wildman–Crippen LogP) is 6.21. The topological polar surface area (TPSA) is 0 Å². The van der Waals surface area contributed by atoms with Gasteiger partial charge in [0.1, 0.15) is 0 Å². The molecule has 1 aliphatic heterocycles. The lowest BCUT2D eigenvalue weighted by molar-refractivity contribution is 0.630. The summed E-state index contributed by atoms with van der Waals surface area (Å²) >= 11 is 1.86. The molecule has 1 aliphatic rings. The van der Waals surface area contributed by atoms with Gasteiger partial charge in [0.15, 0.2) is 0 Å². The zero-order chi connectivity index (χ0) is 19.0. The summed E-state index contributed by atoms with van der Waals surface area (Å²) in [6.07, 6.45) is 6.89. The summed E-state index contributed by atoms with van der Waals surface area (Å²) in [4.78, 5) is 2.64. The van der Waals surface area contributed by atoms with Crippen LogP contribution in [0.1, 0.15) is 31.9 Å². The second-order valence-corrected chi connectivity index (χ2v) is 8.79. The Morgan fingerprint density at radius 2 is 1.44 bits per heavy atom. The van der Waals surface area contributed by atoms with Gasteiger partial charge in [0, 0.05) is 15.2 Å². The fraction of sp³-hybridized carbons (Fsp3) is 0.154. The SMILES string of the molecule is C=c1ccc(C2=CC(C)(C)C=C(c3ccc4ccccc4c3)S2)cc1=CC. The van der Waals surface area contributed by atoms with Crippen LogP contribution in [0.3, 0.4) is 0 Å². The molecule has 0 saturated carbocycles. The van der Waals surface area contributed by atoms with Gasteiger partial charge in [-0.15, -0.1) is 0 Å². The van der Waals surface area contributed by atoms with Crippen molar-refractivity contribution < 1.29 is 0 Å². The third-order valence-corrected chi connectivity index (χ3v) is 6.15. The minimum atomic E-state index is 0.0147. The summed E-state index contributed by atoms with van der Waals surface area (Å²) in [5.74, 6) is 0. The van der Waals surface area contributed by atoms with Gasteiger partial charge in [-0.25, -0.2) is 0 Å². The van der Waals surface area contributed by atoms with Crippen LogP contribution < -0.4 is 10.4 Å². The molecule has 3 aromatic rings. The van der Waals surface area contributed by atoms with Gasteiger partial charge in [-0.05, 0) is 51.4 Å². The van der Waals surface area contributed by atoms with Gasteiger partial charge in [-0.2, -0.15) is 0 Å². The van der Waals surface area contributed by atoms with Crippen LogP contribution >= 0.6 is 11.8 Å². The molecule has 0 radical (unpaired) electrons. The first-order valence-electron chi connectivity index (χ1n) is 9.34. The molecule has 0 fully saturated rings. The van der Waals surface area contributed by atoms with Crippen molar-refractivity contribution in [2.24, 2.45) is 5.41 Å². The standard InChI is InChI=1S/C26H24S/c1-5-19-14-22(11-10-18(19)2)24-16-26(3,4)17-25(27-24)23-13-12-20-8-6-7-9-21(20)15-23/h5-17H,2H2,1,3-4H3. The van der Waals surface area contributed by atoms with E-state index in [4.69, 9.17) is 0 Å². The molecule has 1 heterocycles. The number of hydrogen-bond donors (Lipinski definition) is 0. The summed E-state index contributed by atoms with van der Waals surface area (Å²) in [6, 6.07) is 21.9. The van der Waals surface area contributed by atoms with Crippen molar-refractivity contribution in [3.63, 3.8) is 0 Å². The minimum absolute atomic E-state index is 0.0147. The van der Waals surface area contributed by atoms with E-state index >= 15 is 0 Å². The Labute approximate surface area is 165 Å². The normalized spacial score (nSPS) is 16.9. The smallest absolute Gasteiger partial charge is 0.0163 e. The quantitative estimate of drug-likeness (QED) is 0.518. The van der Waals surface area contributed by atoms with E-state index in [0.717, 1.165) is 5.22 Å². The highest BCUT2D eigenvalue weighted by molar-refractivity contribution is 8.16. The molecular weight excluding hydrogens is 344 g/mol. The molecule has 27 heavy (non-hydrogen) atoms. The molecular formula is C26H24S. The van der Waals surface area contributed by atoms with Crippen LogP contribution in [-0.2, 0) is 0 Å². The highest BCUT2D eigenvalue weighted by Crippen LogP contribution is 2.47. The maximum absolute atomic E-state index is 4.13. The number of benzene rings is 3. The zero-order valence-corrected chi connectivity index (χ0v) is 16.9. The molecule has 4 rings (SSSR count). The van der Waals surface area contributed by atoms with Crippen LogP contribution in [0.5, 0.6) is 0 Å². The van der Waals surface area contributed by atoms with Crippen LogP contribution in [0.25, 0.3) is 33.2 Å². The average Bonchev–Trinajstić information content (AvgIpc) is 2.66. The molecule has 0 aromatic heterocycles. The summed E-state index contributed by atoms with van der Waals surface area (Å²) in [5, 5.41) is 4.85. The largest absolute Gasteiger partial charge is 0.0912 e. The van der Waals surface area contributed by atoms with E-state index in [1.54, 1.807) is 0 Å². The third kappa shape index (κ3) is 3.65.